The van der Waals surface area contributed by atoms with Crippen molar-refractivity contribution in [1.82, 2.24) is 9.80 Å². The van der Waals surface area contributed by atoms with Crippen LogP contribution < -0.4 is 4.90 Å². The second-order valence-corrected chi connectivity index (χ2v) is 8.65. The number of carbonyl (C=O) groups excluding carboxylic acids is 2. The Morgan fingerprint density at radius 1 is 1.11 bits per heavy atom. The highest BCUT2D eigenvalue weighted by molar-refractivity contribution is 5.79. The van der Waals surface area contributed by atoms with Gasteiger partial charge in [0.25, 0.3) is 0 Å². The number of hydrogen-bond donors (Lipinski definition) is 0. The number of benzene rings is 1. The first-order valence-corrected chi connectivity index (χ1v) is 10.1. The van der Waals surface area contributed by atoms with Gasteiger partial charge in [-0.1, -0.05) is 12.1 Å². The van der Waals surface area contributed by atoms with Gasteiger partial charge in [-0.15, -0.1) is 0 Å². The molecule has 1 aromatic carbocycles. The number of hydrogen-bond acceptors (Lipinski definition) is 4. The number of carbonyl (C=O) groups is 2. The van der Waals surface area contributed by atoms with E-state index >= 15 is 0 Å². The van der Waals surface area contributed by atoms with Crippen molar-refractivity contribution in [3.63, 3.8) is 0 Å². The first-order valence-electron chi connectivity index (χ1n) is 10.1. The summed E-state index contributed by atoms with van der Waals surface area (Å²) in [5.74, 6) is 0.155. The van der Waals surface area contributed by atoms with Crippen LogP contribution in [-0.2, 0) is 16.1 Å². The molecule has 1 aliphatic heterocycles. The zero-order valence-electron chi connectivity index (χ0n) is 18.2. The summed E-state index contributed by atoms with van der Waals surface area (Å²) in [5, 5.41) is 0. The van der Waals surface area contributed by atoms with E-state index in [-0.39, 0.29) is 17.9 Å². The summed E-state index contributed by atoms with van der Waals surface area (Å²) in [6, 6.07) is 8.31. The van der Waals surface area contributed by atoms with E-state index in [2.05, 4.69) is 29.2 Å². The lowest BCUT2D eigenvalue weighted by atomic mass is 9.95. The SMILES string of the molecule is CCN(Cc1ccc(N(C)C)cc1)C(=O)C1CCN(C(=O)OC(C)(C)C)CC1. The van der Waals surface area contributed by atoms with Crippen molar-refractivity contribution in [3.05, 3.63) is 29.8 Å². The predicted molar refractivity (Wildman–Crippen MR) is 112 cm³/mol. The van der Waals surface area contributed by atoms with E-state index in [4.69, 9.17) is 4.74 Å². The smallest absolute Gasteiger partial charge is 0.410 e. The molecule has 1 heterocycles. The topological polar surface area (TPSA) is 53.1 Å². The molecule has 28 heavy (non-hydrogen) atoms. The average molecular weight is 390 g/mol. The van der Waals surface area contributed by atoms with Gasteiger partial charge in [-0.25, -0.2) is 4.79 Å². The van der Waals surface area contributed by atoms with E-state index in [0.717, 1.165) is 11.3 Å². The lowest BCUT2D eigenvalue weighted by Crippen LogP contribution is -2.45. The molecule has 0 saturated carbocycles. The van der Waals surface area contributed by atoms with Crippen LogP contribution in [0.2, 0.25) is 0 Å². The number of rotatable bonds is 5. The molecule has 2 rings (SSSR count). The lowest BCUT2D eigenvalue weighted by Gasteiger charge is -2.35. The zero-order valence-corrected chi connectivity index (χ0v) is 18.2. The number of anilines is 1. The van der Waals surface area contributed by atoms with E-state index in [0.29, 0.717) is 39.0 Å². The van der Waals surface area contributed by atoms with Crippen LogP contribution in [0.1, 0.15) is 46.1 Å². The van der Waals surface area contributed by atoms with Gasteiger partial charge in [0.2, 0.25) is 5.91 Å². The van der Waals surface area contributed by atoms with Crippen LogP contribution in [0.3, 0.4) is 0 Å². The Kier molecular flexibility index (Phi) is 7.33. The summed E-state index contributed by atoms with van der Waals surface area (Å²) in [4.78, 5) is 30.9. The molecule has 1 aromatic rings. The summed E-state index contributed by atoms with van der Waals surface area (Å²) in [6.45, 7) is 10.1. The minimum atomic E-state index is -0.495. The van der Waals surface area contributed by atoms with Gasteiger partial charge in [0.1, 0.15) is 5.60 Å². The molecule has 0 aliphatic carbocycles. The van der Waals surface area contributed by atoms with Crippen molar-refractivity contribution in [2.75, 3.05) is 38.6 Å². The quantitative estimate of drug-likeness (QED) is 0.770. The van der Waals surface area contributed by atoms with Gasteiger partial charge in [0, 0.05) is 51.9 Å². The molecule has 1 saturated heterocycles. The Bertz CT molecular complexity index is 657. The molecule has 1 fully saturated rings. The van der Waals surface area contributed by atoms with Crippen molar-refractivity contribution >= 4 is 17.7 Å². The molecule has 0 bridgehead atoms. The lowest BCUT2D eigenvalue weighted by molar-refractivity contribution is -0.137. The van der Waals surface area contributed by atoms with E-state index < -0.39 is 5.60 Å². The van der Waals surface area contributed by atoms with Crippen molar-refractivity contribution < 1.29 is 14.3 Å². The maximum atomic E-state index is 13.0. The molecule has 2 amide bonds. The summed E-state index contributed by atoms with van der Waals surface area (Å²) < 4.78 is 5.44. The number of ether oxygens (including phenoxy) is 1. The minimum absolute atomic E-state index is 0.0281. The maximum Gasteiger partial charge on any atom is 0.410 e. The highest BCUT2D eigenvalue weighted by Crippen LogP contribution is 2.23. The Labute approximate surface area is 169 Å². The van der Waals surface area contributed by atoms with Crippen LogP contribution in [-0.4, -0.2) is 61.1 Å². The van der Waals surface area contributed by atoms with Gasteiger partial charge in [0.05, 0.1) is 0 Å². The van der Waals surface area contributed by atoms with Crippen molar-refractivity contribution in [1.29, 1.82) is 0 Å². The molecule has 1 aliphatic rings. The molecule has 0 aromatic heterocycles. The highest BCUT2D eigenvalue weighted by Gasteiger charge is 2.31. The molecular weight excluding hydrogens is 354 g/mol. The third-order valence-corrected chi connectivity index (χ3v) is 5.02. The van der Waals surface area contributed by atoms with Crippen molar-refractivity contribution in [3.8, 4) is 0 Å². The van der Waals surface area contributed by atoms with E-state index in [1.165, 1.54) is 0 Å². The maximum absolute atomic E-state index is 13.0. The van der Waals surface area contributed by atoms with Crippen LogP contribution >= 0.6 is 0 Å². The number of piperidine rings is 1. The number of amides is 2. The second kappa shape index (κ2) is 9.30. The standard InChI is InChI=1S/C22H35N3O3/c1-7-24(16-17-8-10-19(11-9-17)23(5)6)20(26)18-12-14-25(15-13-18)21(27)28-22(2,3)4/h8-11,18H,7,12-16H2,1-6H3. The minimum Gasteiger partial charge on any atom is -0.444 e. The normalized spacial score (nSPS) is 15.3. The van der Waals surface area contributed by atoms with Gasteiger partial charge in [-0.2, -0.15) is 0 Å². The van der Waals surface area contributed by atoms with Gasteiger partial charge in [0.15, 0.2) is 0 Å². The molecule has 0 atom stereocenters. The van der Waals surface area contributed by atoms with Crippen LogP contribution in [0.25, 0.3) is 0 Å². The molecule has 0 unspecified atom stereocenters. The van der Waals surface area contributed by atoms with Crippen LogP contribution in [0, 0.1) is 5.92 Å². The Morgan fingerprint density at radius 2 is 1.68 bits per heavy atom. The van der Waals surface area contributed by atoms with Gasteiger partial charge in [-0.3, -0.25) is 4.79 Å². The highest BCUT2D eigenvalue weighted by atomic mass is 16.6. The van der Waals surface area contributed by atoms with E-state index in [1.807, 2.05) is 46.7 Å². The van der Waals surface area contributed by atoms with E-state index in [9.17, 15) is 9.59 Å². The molecule has 156 valence electrons. The Balaban J connectivity index is 1.90. The van der Waals surface area contributed by atoms with Gasteiger partial charge in [-0.05, 0) is 58.2 Å². The fraction of sp³-hybridized carbons (Fsp3) is 0.636. The zero-order chi connectivity index (χ0) is 20.9. The monoisotopic (exact) mass is 389 g/mol. The average Bonchev–Trinajstić information content (AvgIpc) is 2.64. The number of likely N-dealkylation sites (tertiary alicyclic amines) is 1. The third-order valence-electron chi connectivity index (χ3n) is 5.02. The number of nitrogens with zero attached hydrogens (tertiary/aromatic N) is 3. The molecular formula is C22H35N3O3. The molecule has 0 spiro atoms. The van der Waals surface area contributed by atoms with Crippen LogP contribution in [0.4, 0.5) is 10.5 Å². The first-order chi connectivity index (χ1) is 13.1. The van der Waals surface area contributed by atoms with Crippen LogP contribution in [0.5, 0.6) is 0 Å². The summed E-state index contributed by atoms with van der Waals surface area (Å²) >= 11 is 0. The molecule has 6 heteroatoms. The fourth-order valence-corrected chi connectivity index (χ4v) is 3.36. The van der Waals surface area contributed by atoms with Gasteiger partial charge >= 0.3 is 6.09 Å². The molecule has 6 nitrogen and oxygen atoms in total. The molecule has 0 radical (unpaired) electrons. The third kappa shape index (κ3) is 6.14. The fourth-order valence-electron chi connectivity index (χ4n) is 3.36. The Morgan fingerprint density at radius 3 is 2.14 bits per heavy atom. The second-order valence-electron chi connectivity index (χ2n) is 8.65. The largest absolute Gasteiger partial charge is 0.444 e. The summed E-state index contributed by atoms with van der Waals surface area (Å²) in [5.41, 5.74) is 1.78. The summed E-state index contributed by atoms with van der Waals surface area (Å²) in [7, 11) is 4.03. The van der Waals surface area contributed by atoms with Gasteiger partial charge < -0.3 is 19.4 Å². The van der Waals surface area contributed by atoms with Crippen molar-refractivity contribution in [2.45, 2.75) is 52.7 Å². The molecule has 0 N–H and O–H groups in total. The van der Waals surface area contributed by atoms with Crippen LogP contribution in [0.15, 0.2) is 24.3 Å². The van der Waals surface area contributed by atoms with E-state index in [1.54, 1.807) is 4.90 Å². The predicted octanol–water partition coefficient (Wildman–Crippen LogP) is 3.75. The first kappa shape index (κ1) is 22.1. The summed E-state index contributed by atoms with van der Waals surface area (Å²) in [6.07, 6.45) is 1.09. The Hall–Kier alpha value is -2.24. The van der Waals surface area contributed by atoms with Crippen molar-refractivity contribution in [2.24, 2.45) is 5.92 Å².